The minimum atomic E-state index is -0.380. The second-order valence-electron chi connectivity index (χ2n) is 5.18. The molecule has 5 nitrogen and oxygen atoms in total. The first-order valence-electron chi connectivity index (χ1n) is 7.58. The van der Waals surface area contributed by atoms with Crippen molar-refractivity contribution in [3.05, 3.63) is 48.1 Å². The molecule has 1 amide bonds. The molecule has 23 heavy (non-hydrogen) atoms. The number of ether oxygens (including phenoxy) is 2. The van der Waals surface area contributed by atoms with Crippen LogP contribution in [0.3, 0.4) is 0 Å². The zero-order valence-corrected chi connectivity index (χ0v) is 13.0. The predicted octanol–water partition coefficient (Wildman–Crippen LogP) is 2.45. The van der Waals surface area contributed by atoms with Crippen molar-refractivity contribution < 1.29 is 14.3 Å². The molecule has 0 bridgehead atoms. The molecule has 120 valence electrons. The zero-order chi connectivity index (χ0) is 16.5. The monoisotopic (exact) mass is 312 g/mol. The Morgan fingerprint density at radius 3 is 2.87 bits per heavy atom. The Labute approximate surface area is 136 Å². The van der Waals surface area contributed by atoms with Gasteiger partial charge in [-0.3, -0.25) is 4.79 Å². The Bertz CT molecular complexity index is 608. The van der Waals surface area contributed by atoms with E-state index in [1.54, 1.807) is 36.4 Å². The van der Waals surface area contributed by atoms with Gasteiger partial charge in [0.15, 0.2) is 0 Å². The second kappa shape index (κ2) is 8.76. The zero-order valence-electron chi connectivity index (χ0n) is 13.0. The van der Waals surface area contributed by atoms with E-state index in [9.17, 15) is 10.1 Å². The summed E-state index contributed by atoms with van der Waals surface area (Å²) in [6.07, 6.45) is 5.24. The van der Waals surface area contributed by atoms with Crippen LogP contribution in [0.25, 0.3) is 6.08 Å². The Morgan fingerprint density at radius 2 is 2.26 bits per heavy atom. The van der Waals surface area contributed by atoms with E-state index in [1.807, 2.05) is 6.07 Å². The second-order valence-corrected chi connectivity index (χ2v) is 5.18. The lowest BCUT2D eigenvalue weighted by Crippen LogP contribution is -2.32. The molecule has 0 spiro atoms. The van der Waals surface area contributed by atoms with Crippen LogP contribution in [0.2, 0.25) is 0 Å². The molecule has 0 aliphatic carbocycles. The highest BCUT2D eigenvalue weighted by atomic mass is 16.5. The highest BCUT2D eigenvalue weighted by Gasteiger charge is 2.17. The number of hydrogen-bond donors (Lipinski definition) is 1. The molecule has 1 aliphatic heterocycles. The molecule has 0 unspecified atom stereocenters. The number of hydrogen-bond acceptors (Lipinski definition) is 4. The van der Waals surface area contributed by atoms with Crippen LogP contribution in [0.1, 0.15) is 18.4 Å². The number of benzene rings is 1. The normalized spacial score (nSPS) is 17.3. The molecule has 1 aliphatic rings. The van der Waals surface area contributed by atoms with Gasteiger partial charge >= 0.3 is 0 Å². The summed E-state index contributed by atoms with van der Waals surface area (Å²) >= 11 is 0. The molecule has 1 atom stereocenters. The smallest absolute Gasteiger partial charge is 0.262 e. The van der Waals surface area contributed by atoms with Gasteiger partial charge in [-0.1, -0.05) is 24.8 Å². The van der Waals surface area contributed by atoms with Crippen molar-refractivity contribution in [1.82, 2.24) is 5.32 Å². The van der Waals surface area contributed by atoms with Crippen LogP contribution in [-0.4, -0.2) is 31.8 Å². The van der Waals surface area contributed by atoms with Gasteiger partial charge in [-0.05, 0) is 36.6 Å². The molecule has 1 aromatic carbocycles. The number of rotatable bonds is 7. The van der Waals surface area contributed by atoms with E-state index in [0.717, 1.165) is 25.0 Å². The van der Waals surface area contributed by atoms with Crippen molar-refractivity contribution in [3.63, 3.8) is 0 Å². The highest BCUT2D eigenvalue weighted by Crippen LogP contribution is 2.15. The van der Waals surface area contributed by atoms with E-state index in [4.69, 9.17) is 9.47 Å². The Kier molecular flexibility index (Phi) is 6.40. The van der Waals surface area contributed by atoms with Crippen molar-refractivity contribution >= 4 is 12.0 Å². The summed E-state index contributed by atoms with van der Waals surface area (Å²) in [7, 11) is 0. The molecule has 1 fully saturated rings. The third-order valence-corrected chi connectivity index (χ3v) is 3.44. The molecular formula is C18H20N2O3. The number of carbonyl (C=O) groups excluding carboxylic acids is 1. The maximum absolute atomic E-state index is 12.1. The summed E-state index contributed by atoms with van der Waals surface area (Å²) in [5, 5.41) is 11.9. The summed E-state index contributed by atoms with van der Waals surface area (Å²) in [5.74, 6) is 0.332. The van der Waals surface area contributed by atoms with E-state index in [0.29, 0.717) is 18.9 Å². The van der Waals surface area contributed by atoms with Crippen LogP contribution in [0.5, 0.6) is 5.75 Å². The first-order chi connectivity index (χ1) is 11.2. The van der Waals surface area contributed by atoms with Crippen LogP contribution in [0.4, 0.5) is 0 Å². The SMILES string of the molecule is C=CCOc1ccc(/C=C(/C#N)C(=O)NC[C@@H]2CCCO2)cc1. The van der Waals surface area contributed by atoms with Crippen LogP contribution in [0.15, 0.2) is 42.5 Å². The average molecular weight is 312 g/mol. The van der Waals surface area contributed by atoms with Crippen molar-refractivity contribution in [3.8, 4) is 11.8 Å². The third kappa shape index (κ3) is 5.28. The lowest BCUT2D eigenvalue weighted by molar-refractivity contribution is -0.117. The minimum absolute atomic E-state index is 0.0557. The van der Waals surface area contributed by atoms with Gasteiger partial charge in [0.1, 0.15) is 24.0 Å². The van der Waals surface area contributed by atoms with Gasteiger partial charge in [-0.15, -0.1) is 0 Å². The van der Waals surface area contributed by atoms with E-state index in [-0.39, 0.29) is 17.6 Å². The molecular weight excluding hydrogens is 292 g/mol. The van der Waals surface area contributed by atoms with Gasteiger partial charge in [-0.25, -0.2) is 0 Å². The summed E-state index contributed by atoms with van der Waals surface area (Å²) in [4.78, 5) is 12.1. The number of nitrogens with zero attached hydrogens (tertiary/aromatic N) is 1. The molecule has 2 rings (SSSR count). The summed E-state index contributed by atoms with van der Waals surface area (Å²) in [5.41, 5.74) is 0.836. The van der Waals surface area contributed by atoms with Crippen LogP contribution in [0, 0.1) is 11.3 Å². The van der Waals surface area contributed by atoms with Crippen molar-refractivity contribution in [2.45, 2.75) is 18.9 Å². The fraction of sp³-hybridized carbons (Fsp3) is 0.333. The molecule has 0 saturated carbocycles. The summed E-state index contributed by atoms with van der Waals surface area (Å²) in [6, 6.07) is 9.10. The molecule has 0 aromatic heterocycles. The quantitative estimate of drug-likeness (QED) is 0.477. The summed E-state index contributed by atoms with van der Waals surface area (Å²) in [6.45, 7) is 5.19. The lowest BCUT2D eigenvalue weighted by atomic mass is 10.1. The highest BCUT2D eigenvalue weighted by molar-refractivity contribution is 6.01. The largest absolute Gasteiger partial charge is 0.490 e. The topological polar surface area (TPSA) is 71.3 Å². The van der Waals surface area contributed by atoms with E-state index >= 15 is 0 Å². The molecule has 1 heterocycles. The van der Waals surface area contributed by atoms with E-state index in [2.05, 4.69) is 11.9 Å². The average Bonchev–Trinajstić information content (AvgIpc) is 3.10. The molecule has 5 heteroatoms. The van der Waals surface area contributed by atoms with Crippen molar-refractivity contribution in [1.29, 1.82) is 5.26 Å². The molecule has 0 radical (unpaired) electrons. The Morgan fingerprint density at radius 1 is 1.48 bits per heavy atom. The van der Waals surface area contributed by atoms with Crippen LogP contribution < -0.4 is 10.1 Å². The number of carbonyl (C=O) groups is 1. The van der Waals surface area contributed by atoms with Gasteiger partial charge in [0.05, 0.1) is 6.10 Å². The van der Waals surface area contributed by atoms with Gasteiger partial charge in [0.25, 0.3) is 5.91 Å². The van der Waals surface area contributed by atoms with Crippen molar-refractivity contribution in [2.75, 3.05) is 19.8 Å². The third-order valence-electron chi connectivity index (χ3n) is 3.44. The van der Waals surface area contributed by atoms with Crippen LogP contribution in [-0.2, 0) is 9.53 Å². The number of amides is 1. The maximum atomic E-state index is 12.1. The summed E-state index contributed by atoms with van der Waals surface area (Å²) < 4.78 is 10.8. The van der Waals surface area contributed by atoms with E-state index in [1.165, 1.54) is 0 Å². The first-order valence-corrected chi connectivity index (χ1v) is 7.58. The van der Waals surface area contributed by atoms with Gasteiger partial charge in [-0.2, -0.15) is 5.26 Å². The standard InChI is InChI=1S/C18H20N2O3/c1-2-9-22-16-7-5-14(6-8-16)11-15(12-19)18(21)20-13-17-4-3-10-23-17/h2,5-8,11,17H,1,3-4,9-10,13H2,(H,20,21)/b15-11-/t17-/m0/s1. The van der Waals surface area contributed by atoms with Crippen molar-refractivity contribution in [2.24, 2.45) is 0 Å². The van der Waals surface area contributed by atoms with Gasteiger partial charge < -0.3 is 14.8 Å². The van der Waals surface area contributed by atoms with Gasteiger partial charge in [0, 0.05) is 13.2 Å². The predicted molar refractivity (Wildman–Crippen MR) is 87.7 cm³/mol. The Hall–Kier alpha value is -2.58. The first kappa shape index (κ1) is 16.8. The number of nitrogens with one attached hydrogen (secondary N) is 1. The molecule has 1 saturated heterocycles. The number of nitriles is 1. The maximum Gasteiger partial charge on any atom is 0.262 e. The molecule has 1 N–H and O–H groups in total. The minimum Gasteiger partial charge on any atom is -0.490 e. The fourth-order valence-electron chi connectivity index (χ4n) is 2.24. The fourth-order valence-corrected chi connectivity index (χ4v) is 2.24. The van der Waals surface area contributed by atoms with E-state index < -0.39 is 0 Å². The lowest BCUT2D eigenvalue weighted by Gasteiger charge is -2.10. The molecule has 1 aromatic rings. The Balaban J connectivity index is 1.95. The van der Waals surface area contributed by atoms with Crippen LogP contribution >= 0.6 is 0 Å². The van der Waals surface area contributed by atoms with Gasteiger partial charge in [0.2, 0.25) is 0 Å².